The zero-order chi connectivity index (χ0) is 16.2. The average Bonchev–Trinajstić information content (AvgIpc) is 3.40. The van der Waals surface area contributed by atoms with Crippen molar-refractivity contribution in [3.63, 3.8) is 0 Å². The van der Waals surface area contributed by atoms with Crippen molar-refractivity contribution in [3.8, 4) is 0 Å². The van der Waals surface area contributed by atoms with Crippen LogP contribution >= 0.6 is 0 Å². The lowest BCUT2D eigenvalue weighted by atomic mass is 9.92. The molecular weight excluding hydrogens is 294 g/mol. The largest absolute Gasteiger partial charge is 0.381 e. The highest BCUT2D eigenvalue weighted by Gasteiger charge is 2.29. The van der Waals surface area contributed by atoms with E-state index in [-0.39, 0.29) is 23.7 Å². The fraction of sp³-hybridized carbons (Fsp3) is 0.529. The van der Waals surface area contributed by atoms with Crippen LogP contribution in [-0.2, 0) is 14.3 Å². The third-order valence-corrected chi connectivity index (χ3v) is 4.42. The highest BCUT2D eigenvalue weighted by atomic mass is 16.5. The Morgan fingerprint density at radius 1 is 1.09 bits per heavy atom. The summed E-state index contributed by atoms with van der Waals surface area (Å²) in [6.45, 7) is 1.32. The van der Waals surface area contributed by atoms with Gasteiger partial charge in [-0.25, -0.2) is 0 Å². The number of ether oxygens (including phenoxy) is 1. The number of anilines is 2. The number of rotatable bonds is 5. The SMILES string of the molecule is NC(C(=O)Nc1cccc(NC(=O)C2CC2)c1)C1CCOCC1. The van der Waals surface area contributed by atoms with Crippen LogP contribution < -0.4 is 16.4 Å². The summed E-state index contributed by atoms with van der Waals surface area (Å²) in [5.41, 5.74) is 7.41. The van der Waals surface area contributed by atoms with Gasteiger partial charge in [-0.1, -0.05) is 6.07 Å². The molecule has 124 valence electrons. The summed E-state index contributed by atoms with van der Waals surface area (Å²) in [5.74, 6) is 0.159. The third kappa shape index (κ3) is 4.30. The molecule has 1 aromatic carbocycles. The van der Waals surface area contributed by atoms with Gasteiger partial charge < -0.3 is 21.1 Å². The minimum absolute atomic E-state index is 0.0485. The second-order valence-corrected chi connectivity index (χ2v) is 6.31. The molecular formula is C17H23N3O3. The van der Waals surface area contributed by atoms with Gasteiger partial charge in [0, 0.05) is 30.5 Å². The Bertz CT molecular complexity index is 580. The van der Waals surface area contributed by atoms with Crippen molar-refractivity contribution in [2.24, 2.45) is 17.6 Å². The van der Waals surface area contributed by atoms with E-state index < -0.39 is 6.04 Å². The Kier molecular flexibility index (Phi) is 4.93. The summed E-state index contributed by atoms with van der Waals surface area (Å²) in [7, 11) is 0. The van der Waals surface area contributed by atoms with Gasteiger partial charge in [-0.3, -0.25) is 9.59 Å². The van der Waals surface area contributed by atoms with E-state index in [4.69, 9.17) is 10.5 Å². The van der Waals surface area contributed by atoms with Crippen molar-refractivity contribution in [1.82, 2.24) is 0 Å². The molecule has 1 heterocycles. The monoisotopic (exact) mass is 317 g/mol. The van der Waals surface area contributed by atoms with Crippen molar-refractivity contribution in [2.75, 3.05) is 23.8 Å². The lowest BCUT2D eigenvalue weighted by Gasteiger charge is -2.26. The molecule has 1 saturated heterocycles. The molecule has 0 aromatic heterocycles. The molecule has 1 aromatic rings. The Balaban J connectivity index is 1.57. The smallest absolute Gasteiger partial charge is 0.241 e. The number of amides is 2. The van der Waals surface area contributed by atoms with Crippen LogP contribution in [0, 0.1) is 11.8 Å². The van der Waals surface area contributed by atoms with Crippen molar-refractivity contribution in [2.45, 2.75) is 31.7 Å². The molecule has 23 heavy (non-hydrogen) atoms. The fourth-order valence-corrected chi connectivity index (χ4v) is 2.78. The van der Waals surface area contributed by atoms with Gasteiger partial charge in [0.1, 0.15) is 0 Å². The number of nitrogens with one attached hydrogen (secondary N) is 2. The predicted molar refractivity (Wildman–Crippen MR) is 87.9 cm³/mol. The standard InChI is InChI=1S/C17H23N3O3/c18-15(11-6-8-23-9-7-11)17(22)20-14-3-1-2-13(10-14)19-16(21)12-4-5-12/h1-3,10-12,15H,4-9,18H2,(H,19,21)(H,20,22). The number of hydrogen-bond donors (Lipinski definition) is 3. The molecule has 0 spiro atoms. The first kappa shape index (κ1) is 16.0. The van der Waals surface area contributed by atoms with Gasteiger partial charge in [0.2, 0.25) is 11.8 Å². The maximum absolute atomic E-state index is 12.3. The average molecular weight is 317 g/mol. The minimum Gasteiger partial charge on any atom is -0.381 e. The molecule has 1 saturated carbocycles. The Morgan fingerprint density at radius 3 is 2.39 bits per heavy atom. The van der Waals surface area contributed by atoms with Crippen LogP contribution in [-0.4, -0.2) is 31.1 Å². The van der Waals surface area contributed by atoms with Crippen LogP contribution in [0.3, 0.4) is 0 Å². The second-order valence-electron chi connectivity index (χ2n) is 6.31. The number of hydrogen-bond acceptors (Lipinski definition) is 4. The van der Waals surface area contributed by atoms with E-state index in [0.717, 1.165) is 25.7 Å². The maximum atomic E-state index is 12.3. The van der Waals surface area contributed by atoms with Gasteiger partial charge in [0.25, 0.3) is 0 Å². The highest BCUT2D eigenvalue weighted by Crippen LogP contribution is 2.30. The van der Waals surface area contributed by atoms with Gasteiger partial charge >= 0.3 is 0 Å². The molecule has 1 aliphatic carbocycles. The topological polar surface area (TPSA) is 93.5 Å². The minimum atomic E-state index is -0.538. The van der Waals surface area contributed by atoms with E-state index in [1.54, 1.807) is 18.2 Å². The molecule has 4 N–H and O–H groups in total. The van der Waals surface area contributed by atoms with Crippen LogP contribution in [0.5, 0.6) is 0 Å². The first-order valence-electron chi connectivity index (χ1n) is 8.18. The van der Waals surface area contributed by atoms with Crippen molar-refractivity contribution < 1.29 is 14.3 Å². The number of carbonyl (C=O) groups excluding carboxylic acids is 2. The summed E-state index contributed by atoms with van der Waals surface area (Å²) < 4.78 is 5.30. The molecule has 1 unspecified atom stereocenters. The van der Waals surface area contributed by atoms with Crippen LogP contribution in [0.2, 0.25) is 0 Å². The molecule has 3 rings (SSSR count). The summed E-state index contributed by atoms with van der Waals surface area (Å²) in [4.78, 5) is 24.1. The van der Waals surface area contributed by atoms with Gasteiger partial charge in [-0.15, -0.1) is 0 Å². The number of nitrogens with two attached hydrogens (primary N) is 1. The molecule has 2 amide bonds. The zero-order valence-electron chi connectivity index (χ0n) is 13.1. The van der Waals surface area contributed by atoms with E-state index in [2.05, 4.69) is 10.6 Å². The maximum Gasteiger partial charge on any atom is 0.241 e. The zero-order valence-corrected chi connectivity index (χ0v) is 13.1. The Labute approximate surface area is 135 Å². The molecule has 1 aliphatic heterocycles. The normalized spacial score (nSPS) is 19.9. The predicted octanol–water partition coefficient (Wildman–Crippen LogP) is 1.73. The molecule has 2 aliphatic rings. The van der Waals surface area contributed by atoms with Crippen molar-refractivity contribution in [1.29, 1.82) is 0 Å². The molecule has 2 fully saturated rings. The van der Waals surface area contributed by atoms with Crippen LogP contribution in [0.25, 0.3) is 0 Å². The van der Waals surface area contributed by atoms with E-state index in [1.807, 2.05) is 6.07 Å². The van der Waals surface area contributed by atoms with Crippen LogP contribution in [0.4, 0.5) is 11.4 Å². The number of carbonyl (C=O) groups is 2. The fourth-order valence-electron chi connectivity index (χ4n) is 2.78. The lowest BCUT2D eigenvalue weighted by Crippen LogP contribution is -2.44. The van der Waals surface area contributed by atoms with E-state index in [0.29, 0.717) is 24.6 Å². The lowest BCUT2D eigenvalue weighted by molar-refractivity contribution is -0.119. The van der Waals surface area contributed by atoms with E-state index >= 15 is 0 Å². The molecule has 6 nitrogen and oxygen atoms in total. The summed E-state index contributed by atoms with van der Waals surface area (Å²) in [6, 6.07) is 6.63. The Hall–Kier alpha value is -1.92. The Morgan fingerprint density at radius 2 is 1.74 bits per heavy atom. The van der Waals surface area contributed by atoms with E-state index in [1.165, 1.54) is 0 Å². The molecule has 0 bridgehead atoms. The number of benzene rings is 1. The first-order valence-corrected chi connectivity index (χ1v) is 8.18. The quantitative estimate of drug-likeness (QED) is 0.771. The molecule has 1 atom stereocenters. The van der Waals surface area contributed by atoms with Gasteiger partial charge in [-0.05, 0) is 49.8 Å². The summed E-state index contributed by atoms with van der Waals surface area (Å²) in [6.07, 6.45) is 3.54. The second kappa shape index (κ2) is 7.10. The first-order chi connectivity index (χ1) is 11.1. The van der Waals surface area contributed by atoms with Gasteiger partial charge in [0.15, 0.2) is 0 Å². The summed E-state index contributed by atoms with van der Waals surface area (Å²) >= 11 is 0. The summed E-state index contributed by atoms with van der Waals surface area (Å²) in [5, 5.41) is 5.71. The van der Waals surface area contributed by atoms with Gasteiger partial charge in [-0.2, -0.15) is 0 Å². The van der Waals surface area contributed by atoms with Crippen LogP contribution in [0.15, 0.2) is 24.3 Å². The third-order valence-electron chi connectivity index (χ3n) is 4.42. The van der Waals surface area contributed by atoms with Crippen molar-refractivity contribution >= 4 is 23.2 Å². The molecule has 6 heteroatoms. The van der Waals surface area contributed by atoms with Crippen molar-refractivity contribution in [3.05, 3.63) is 24.3 Å². The van der Waals surface area contributed by atoms with Gasteiger partial charge in [0.05, 0.1) is 6.04 Å². The van der Waals surface area contributed by atoms with Crippen LogP contribution in [0.1, 0.15) is 25.7 Å². The molecule has 0 radical (unpaired) electrons. The van der Waals surface area contributed by atoms with E-state index in [9.17, 15) is 9.59 Å². The highest BCUT2D eigenvalue weighted by molar-refractivity contribution is 5.97.